The van der Waals surface area contributed by atoms with Crippen molar-refractivity contribution in [2.75, 3.05) is 19.8 Å². The molecule has 0 aliphatic carbocycles. The molecule has 8 N–H and O–H groups in total. The molecule has 1 rings (SSSR count). The number of amides is 1. The first kappa shape index (κ1) is 43.1. The van der Waals surface area contributed by atoms with Crippen molar-refractivity contribution in [3.05, 3.63) is 0 Å². The molecule has 1 aliphatic rings. The molecule has 0 radical (unpaired) electrons. The molecule has 0 aromatic rings. The van der Waals surface area contributed by atoms with Gasteiger partial charge in [0, 0.05) is 13.0 Å². The molecular weight excluding hydrogens is 594 g/mol. The van der Waals surface area contributed by atoms with Crippen molar-refractivity contribution in [2.24, 2.45) is 0 Å². The number of rotatable bonds is 30. The lowest BCUT2D eigenvalue weighted by Crippen LogP contribution is -2.60. The average Bonchev–Trinajstić information content (AvgIpc) is 3.05. The van der Waals surface area contributed by atoms with Gasteiger partial charge in [-0.05, 0) is 19.3 Å². The first-order valence-electron chi connectivity index (χ1n) is 18.4. The van der Waals surface area contributed by atoms with Crippen LogP contribution < -0.4 is 5.32 Å². The van der Waals surface area contributed by atoms with Crippen LogP contribution in [0, 0.1) is 0 Å². The minimum Gasteiger partial charge on any atom is -0.396 e. The fourth-order valence-electron chi connectivity index (χ4n) is 6.00. The lowest BCUT2D eigenvalue weighted by molar-refractivity contribution is -0.303. The highest BCUT2D eigenvalue weighted by Crippen LogP contribution is 2.23. The Morgan fingerprint density at radius 1 is 0.696 bits per heavy atom. The van der Waals surface area contributed by atoms with Crippen LogP contribution in [-0.2, 0) is 14.3 Å². The zero-order chi connectivity index (χ0) is 34.0. The summed E-state index contributed by atoms with van der Waals surface area (Å²) in [6.07, 6.45) is 12.8. The van der Waals surface area contributed by atoms with Crippen LogP contribution >= 0.6 is 0 Å². The quantitative estimate of drug-likeness (QED) is 0.0527. The summed E-state index contributed by atoms with van der Waals surface area (Å²) < 4.78 is 11.0. The molecule has 46 heavy (non-hydrogen) atoms. The maximum Gasteiger partial charge on any atom is 0.220 e. The van der Waals surface area contributed by atoms with Crippen LogP contribution in [0.15, 0.2) is 0 Å². The Hall–Kier alpha value is -0.890. The van der Waals surface area contributed by atoms with Gasteiger partial charge < -0.3 is 50.5 Å². The van der Waals surface area contributed by atoms with Crippen LogP contribution in [0.5, 0.6) is 0 Å². The van der Waals surface area contributed by atoms with Gasteiger partial charge >= 0.3 is 0 Å². The Bertz CT molecular complexity index is 715. The minimum absolute atomic E-state index is 0.231. The van der Waals surface area contributed by atoms with E-state index >= 15 is 0 Å². The van der Waals surface area contributed by atoms with Crippen LogP contribution in [0.1, 0.15) is 148 Å². The highest BCUT2D eigenvalue weighted by atomic mass is 16.7. The van der Waals surface area contributed by atoms with E-state index in [2.05, 4.69) is 12.2 Å². The summed E-state index contributed by atoms with van der Waals surface area (Å²) >= 11 is 0. The van der Waals surface area contributed by atoms with Crippen molar-refractivity contribution in [3.63, 3.8) is 0 Å². The number of aliphatic hydroxyl groups is 7. The molecule has 1 heterocycles. The lowest BCUT2D eigenvalue weighted by atomic mass is 9.98. The van der Waals surface area contributed by atoms with Crippen molar-refractivity contribution in [1.29, 1.82) is 0 Å². The summed E-state index contributed by atoms with van der Waals surface area (Å²) in [4.78, 5) is 12.8. The normalized spacial score (nSPS) is 23.7. The van der Waals surface area contributed by atoms with Gasteiger partial charge in [0.15, 0.2) is 6.29 Å². The number of ether oxygens (including phenoxy) is 2. The van der Waals surface area contributed by atoms with Gasteiger partial charge in [-0.15, -0.1) is 0 Å². The molecular formula is C35H69NO10. The molecule has 1 aliphatic heterocycles. The Labute approximate surface area is 278 Å². The number of unbranched alkanes of at least 4 members (excludes halogenated alkanes) is 18. The first-order valence-corrected chi connectivity index (χ1v) is 18.4. The Morgan fingerprint density at radius 2 is 1.20 bits per heavy atom. The number of nitrogens with one attached hydrogen (secondary N) is 1. The largest absolute Gasteiger partial charge is 0.396 e. The highest BCUT2D eigenvalue weighted by molar-refractivity contribution is 5.76. The molecule has 11 nitrogen and oxygen atoms in total. The molecule has 0 spiro atoms. The highest BCUT2D eigenvalue weighted by Gasteiger charge is 2.44. The van der Waals surface area contributed by atoms with Gasteiger partial charge in [0.2, 0.25) is 5.91 Å². The van der Waals surface area contributed by atoms with E-state index in [0.717, 1.165) is 70.6 Å². The number of hydrogen-bond acceptors (Lipinski definition) is 10. The predicted molar refractivity (Wildman–Crippen MR) is 178 cm³/mol. The summed E-state index contributed by atoms with van der Waals surface area (Å²) in [7, 11) is 0. The predicted octanol–water partition coefficient (Wildman–Crippen LogP) is 3.60. The minimum atomic E-state index is -1.61. The molecule has 1 unspecified atom stereocenters. The number of carbonyl (C=O) groups is 1. The molecule has 8 atom stereocenters. The first-order chi connectivity index (χ1) is 22.3. The van der Waals surface area contributed by atoms with Gasteiger partial charge in [-0.25, -0.2) is 0 Å². The third-order valence-electron chi connectivity index (χ3n) is 9.11. The molecule has 0 aromatic carbocycles. The number of carbonyl (C=O) groups excluding carboxylic acids is 1. The van der Waals surface area contributed by atoms with E-state index in [4.69, 9.17) is 14.6 Å². The van der Waals surface area contributed by atoms with E-state index in [9.17, 15) is 35.4 Å². The Morgan fingerprint density at radius 3 is 1.72 bits per heavy atom. The second-order valence-electron chi connectivity index (χ2n) is 13.2. The van der Waals surface area contributed by atoms with E-state index in [1.54, 1.807) is 0 Å². The average molecular weight is 664 g/mol. The lowest BCUT2D eigenvalue weighted by Gasteiger charge is -2.40. The third-order valence-corrected chi connectivity index (χ3v) is 9.11. The molecule has 0 saturated carbocycles. The van der Waals surface area contributed by atoms with Gasteiger partial charge in [-0.1, -0.05) is 122 Å². The fraction of sp³-hybridized carbons (Fsp3) is 0.971. The molecule has 1 fully saturated rings. The molecule has 0 bridgehead atoms. The summed E-state index contributed by atoms with van der Waals surface area (Å²) in [6, 6.07) is -1.00. The van der Waals surface area contributed by atoms with Crippen LogP contribution in [0.2, 0.25) is 0 Å². The van der Waals surface area contributed by atoms with Gasteiger partial charge in [-0.3, -0.25) is 4.79 Å². The molecule has 11 heteroatoms. The molecule has 0 aromatic heterocycles. The van der Waals surface area contributed by atoms with Gasteiger partial charge in [0.05, 0.1) is 25.4 Å². The van der Waals surface area contributed by atoms with Crippen molar-refractivity contribution in [2.45, 2.75) is 197 Å². The van der Waals surface area contributed by atoms with Gasteiger partial charge in [0.25, 0.3) is 0 Å². The van der Waals surface area contributed by atoms with E-state index in [1.807, 2.05) is 0 Å². The summed E-state index contributed by atoms with van der Waals surface area (Å²) in [5.41, 5.74) is 0. The van der Waals surface area contributed by atoms with E-state index in [1.165, 1.54) is 51.4 Å². The summed E-state index contributed by atoms with van der Waals surface area (Å²) in [5.74, 6) is -0.290. The maximum absolute atomic E-state index is 12.8. The Kier molecular flexibility index (Phi) is 26.3. The Balaban J connectivity index is 2.51. The molecule has 1 saturated heterocycles. The van der Waals surface area contributed by atoms with Crippen molar-refractivity contribution in [1.82, 2.24) is 5.32 Å². The SMILES string of the molecule is CCCCCCCCCCCCCC[C@@H](O)[C@@H](O)[C@H](CO[C@H]1OC(CO)[C@H](O)[C@@H](O)[C@@H]1O)NC(=O)CCCCCCCCCCO. The van der Waals surface area contributed by atoms with E-state index in [-0.39, 0.29) is 25.5 Å². The fourth-order valence-corrected chi connectivity index (χ4v) is 6.00. The molecule has 274 valence electrons. The number of hydrogen-bond donors (Lipinski definition) is 8. The monoisotopic (exact) mass is 663 g/mol. The van der Waals surface area contributed by atoms with Crippen LogP contribution in [0.3, 0.4) is 0 Å². The smallest absolute Gasteiger partial charge is 0.220 e. The van der Waals surface area contributed by atoms with E-state index < -0.39 is 55.6 Å². The van der Waals surface area contributed by atoms with Crippen LogP contribution in [-0.4, -0.2) is 110 Å². The maximum atomic E-state index is 12.8. The number of aliphatic hydroxyl groups excluding tert-OH is 7. The van der Waals surface area contributed by atoms with Crippen molar-refractivity contribution < 1.29 is 50.0 Å². The second kappa shape index (κ2) is 28.0. The zero-order valence-electron chi connectivity index (χ0n) is 28.7. The van der Waals surface area contributed by atoms with Crippen LogP contribution in [0.25, 0.3) is 0 Å². The van der Waals surface area contributed by atoms with Crippen molar-refractivity contribution >= 4 is 5.91 Å². The summed E-state index contributed by atoms with van der Waals surface area (Å²) in [5, 5.41) is 73.4. The van der Waals surface area contributed by atoms with Crippen molar-refractivity contribution in [3.8, 4) is 0 Å². The van der Waals surface area contributed by atoms with Crippen LogP contribution in [0.4, 0.5) is 0 Å². The third kappa shape index (κ3) is 19.2. The zero-order valence-corrected chi connectivity index (χ0v) is 28.7. The summed E-state index contributed by atoms with van der Waals surface area (Å²) in [6.45, 7) is 1.54. The van der Waals surface area contributed by atoms with E-state index in [0.29, 0.717) is 12.8 Å². The molecule has 1 amide bonds. The van der Waals surface area contributed by atoms with Gasteiger partial charge in [-0.2, -0.15) is 0 Å². The topological polar surface area (TPSA) is 189 Å². The second-order valence-corrected chi connectivity index (χ2v) is 13.2. The van der Waals surface area contributed by atoms with Gasteiger partial charge in [0.1, 0.15) is 30.5 Å². The standard InChI is InChI=1S/C35H69NO10/c1-2-3-4-5-6-7-8-9-10-13-16-19-22-28(39)31(41)27(26-45-35-34(44)33(43)32(42)29(25-38)46-35)36-30(40)23-20-17-14-11-12-15-18-21-24-37/h27-29,31-35,37-39,41-44H,2-26H2,1H3,(H,36,40)/t27-,28+,29?,31-,32-,33+,34-,35-/m0/s1.